The number of hydrogen-bond donors (Lipinski definition) is 0. The van der Waals surface area contributed by atoms with Gasteiger partial charge in [-0.15, -0.1) is 0 Å². The van der Waals surface area contributed by atoms with Gasteiger partial charge in [0.2, 0.25) is 11.8 Å². The molecule has 234 valence electrons. The van der Waals surface area contributed by atoms with E-state index in [-0.39, 0.29) is 66.6 Å². The Hall–Kier alpha value is -3.79. The van der Waals surface area contributed by atoms with Gasteiger partial charge in [-0.05, 0) is 75.7 Å². The number of alkyl halides is 4. The van der Waals surface area contributed by atoms with Crippen LogP contribution in [0.15, 0.2) is 59.5 Å². The Kier molecular flexibility index (Phi) is 8.59. The first kappa shape index (κ1) is 31.6. The van der Waals surface area contributed by atoms with Gasteiger partial charge in [0.25, 0.3) is 5.56 Å². The van der Waals surface area contributed by atoms with Crippen LogP contribution in [0.25, 0.3) is 0 Å². The third kappa shape index (κ3) is 6.65. The first-order valence-electron chi connectivity index (χ1n) is 13.9. The molecular weight excluding hydrogens is 606 g/mol. The fourth-order valence-corrected chi connectivity index (χ4v) is 6.22. The summed E-state index contributed by atoms with van der Waals surface area (Å²) in [7, 11) is 2.63. The molecule has 1 aromatic heterocycles. The number of aryl methyl sites for hydroxylation is 1. The summed E-state index contributed by atoms with van der Waals surface area (Å²) < 4.78 is 79.6. The fraction of sp³-hybridized carbons (Fsp3) is 0.387. The first-order valence-corrected chi connectivity index (χ1v) is 14.4. The average molecular weight is 637 g/mol. The van der Waals surface area contributed by atoms with Crippen LogP contribution in [0.2, 0.25) is 0 Å². The van der Waals surface area contributed by atoms with Crippen molar-refractivity contribution in [2.75, 3.05) is 18.6 Å². The first-order chi connectivity index (χ1) is 20.7. The molecule has 3 aromatic rings. The highest BCUT2D eigenvalue weighted by Gasteiger charge is 2.47. The number of ketones is 1. The lowest BCUT2D eigenvalue weighted by Gasteiger charge is -2.35. The molecule has 2 aliphatic rings. The van der Waals surface area contributed by atoms with Crippen molar-refractivity contribution in [1.29, 1.82) is 0 Å². The number of halogens is 5. The van der Waals surface area contributed by atoms with E-state index in [1.807, 2.05) is 0 Å². The predicted octanol–water partition coefficient (Wildman–Crippen LogP) is 6.17. The number of aromatic nitrogens is 1. The van der Waals surface area contributed by atoms with E-state index in [1.54, 1.807) is 13.0 Å². The Morgan fingerprint density at radius 3 is 2.36 bits per heavy atom. The molecule has 44 heavy (non-hydrogen) atoms. The maximum atomic E-state index is 15.5. The average Bonchev–Trinajstić information content (AvgIpc) is 3.22. The third-order valence-electron chi connectivity index (χ3n) is 8.12. The number of hydrogen-bond acceptors (Lipinski definition) is 5. The highest BCUT2D eigenvalue weighted by molar-refractivity contribution is 7.17. The quantitative estimate of drug-likeness (QED) is 0.151. The molecule has 3 atom stereocenters. The minimum absolute atomic E-state index is 0.00466. The molecule has 2 heterocycles. The Morgan fingerprint density at radius 1 is 1.09 bits per heavy atom. The van der Waals surface area contributed by atoms with Gasteiger partial charge in [0.05, 0.1) is 13.0 Å². The third-order valence-corrected chi connectivity index (χ3v) is 8.24. The van der Waals surface area contributed by atoms with Crippen molar-refractivity contribution >= 4 is 26.6 Å². The zero-order valence-corrected chi connectivity index (χ0v) is 25.0. The maximum Gasteiger partial charge on any atom is 0.408 e. The largest absolute Gasteiger partial charge is 0.497 e. The van der Waals surface area contributed by atoms with Gasteiger partial charge in [-0.3, -0.25) is 14.4 Å². The molecule has 2 aromatic carbocycles. The van der Waals surface area contributed by atoms with E-state index in [0.29, 0.717) is 5.56 Å². The van der Waals surface area contributed by atoms with Crippen LogP contribution >= 0.6 is 9.24 Å². The van der Waals surface area contributed by atoms with E-state index in [0.717, 1.165) is 0 Å². The van der Waals surface area contributed by atoms with Gasteiger partial charge < -0.3 is 18.9 Å². The number of pyridine rings is 1. The summed E-state index contributed by atoms with van der Waals surface area (Å²) in [5, 5.41) is 0. The highest BCUT2D eigenvalue weighted by atomic mass is 31.0. The number of rotatable bonds is 10. The second kappa shape index (κ2) is 12.0. The van der Waals surface area contributed by atoms with Crippen LogP contribution in [0.5, 0.6) is 11.5 Å². The highest BCUT2D eigenvalue weighted by Crippen LogP contribution is 2.44. The number of ether oxygens (including phenoxy) is 2. The number of anilines is 1. The number of benzene rings is 2. The van der Waals surface area contributed by atoms with Crippen LogP contribution < -0.4 is 19.9 Å². The molecule has 1 aliphatic carbocycles. The standard InChI is InChI=1S/C31H30F5N2O5P/c1-17-10-21(42-2)11-24(32)27(17)23-16-38(25-4-3-9-37(29(25)41)15-18-13-30(33,34)14-18)28(40)22(23)12-26(39)19-5-7-20(8-6-19)43-31(35,36)44/h3-11,18,22-23H,12-16,44H2,1-2H3/t22-,23+/m0/s1. The fourth-order valence-electron chi connectivity index (χ4n) is 6.09. The normalized spacial score (nSPS) is 20.0. The summed E-state index contributed by atoms with van der Waals surface area (Å²) in [6.45, 7) is 1.60. The second-order valence-electron chi connectivity index (χ2n) is 11.3. The van der Waals surface area contributed by atoms with Crippen molar-refractivity contribution in [2.24, 2.45) is 11.8 Å². The van der Waals surface area contributed by atoms with Gasteiger partial charge in [-0.2, -0.15) is 8.78 Å². The Balaban J connectivity index is 1.46. The zero-order valence-electron chi connectivity index (χ0n) is 23.9. The van der Waals surface area contributed by atoms with E-state index in [2.05, 4.69) is 4.74 Å². The van der Waals surface area contributed by atoms with Crippen molar-refractivity contribution in [3.63, 3.8) is 0 Å². The zero-order chi connectivity index (χ0) is 32.0. The molecule has 1 saturated heterocycles. The number of carbonyl (C=O) groups is 2. The van der Waals surface area contributed by atoms with Crippen LogP contribution in [0.3, 0.4) is 0 Å². The number of methoxy groups -OCH3 is 1. The lowest BCUT2D eigenvalue weighted by molar-refractivity contribution is -0.120. The molecule has 0 spiro atoms. The minimum Gasteiger partial charge on any atom is -0.497 e. The van der Waals surface area contributed by atoms with Gasteiger partial charge in [0.15, 0.2) is 5.78 Å². The molecule has 1 amide bonds. The number of nitrogens with zero attached hydrogens (tertiary/aromatic N) is 2. The summed E-state index contributed by atoms with van der Waals surface area (Å²) >= 11 is 0. The molecule has 7 nitrogen and oxygen atoms in total. The predicted molar refractivity (Wildman–Crippen MR) is 155 cm³/mol. The van der Waals surface area contributed by atoms with Gasteiger partial charge in [-0.25, -0.2) is 13.2 Å². The summed E-state index contributed by atoms with van der Waals surface area (Å²) in [6, 6.07) is 10.7. The van der Waals surface area contributed by atoms with Gasteiger partial charge in [-0.1, -0.05) is 0 Å². The molecule has 0 bridgehead atoms. The summed E-state index contributed by atoms with van der Waals surface area (Å²) in [5.74, 6) is -10.2. The van der Waals surface area contributed by atoms with Crippen LogP contribution in [0, 0.1) is 24.6 Å². The van der Waals surface area contributed by atoms with E-state index in [9.17, 15) is 31.9 Å². The molecule has 5 rings (SSSR count). The number of amides is 1. The van der Waals surface area contributed by atoms with Crippen LogP contribution in [-0.2, 0) is 11.3 Å². The Labute approximate surface area is 252 Å². The van der Waals surface area contributed by atoms with E-state index in [1.165, 1.54) is 74.5 Å². The summed E-state index contributed by atoms with van der Waals surface area (Å²) in [5.41, 5.74) is 0.236. The second-order valence-corrected chi connectivity index (χ2v) is 12.0. The van der Waals surface area contributed by atoms with E-state index < -0.39 is 46.7 Å². The number of Topliss-reactive ketones (excluding diaryl/α,β-unsaturated/α-hetero) is 1. The topological polar surface area (TPSA) is 77.8 Å². The minimum atomic E-state index is -3.50. The molecule has 0 N–H and O–H groups in total. The van der Waals surface area contributed by atoms with Gasteiger partial charge >= 0.3 is 5.85 Å². The lowest BCUT2D eigenvalue weighted by Crippen LogP contribution is -2.40. The molecule has 1 saturated carbocycles. The van der Waals surface area contributed by atoms with Crippen LogP contribution in [0.4, 0.5) is 27.6 Å². The smallest absolute Gasteiger partial charge is 0.408 e. The van der Waals surface area contributed by atoms with Crippen molar-refractivity contribution < 1.29 is 41.0 Å². The van der Waals surface area contributed by atoms with Crippen molar-refractivity contribution in [3.8, 4) is 11.5 Å². The summed E-state index contributed by atoms with van der Waals surface area (Å²) in [6.07, 6.45) is 0.446. The molecule has 0 radical (unpaired) electrons. The molecule has 13 heteroatoms. The Bertz CT molecular complexity index is 1610. The molecule has 2 fully saturated rings. The number of carbonyl (C=O) groups excluding carboxylic acids is 2. The SMILES string of the molecule is COc1cc(C)c([C@@H]2CN(c3cccn(CC4CC(F)(F)C4)c3=O)C(=O)[C@H]2CC(=O)c2ccc(OC(F)(F)P)cc2)c(F)c1. The van der Waals surface area contributed by atoms with Gasteiger partial charge in [0, 0.05) is 56.1 Å². The van der Waals surface area contributed by atoms with Gasteiger partial charge in [0.1, 0.15) is 23.0 Å². The molecule has 1 aliphatic heterocycles. The monoisotopic (exact) mass is 636 g/mol. The lowest BCUT2D eigenvalue weighted by atomic mass is 9.81. The summed E-state index contributed by atoms with van der Waals surface area (Å²) in [4.78, 5) is 41.9. The van der Waals surface area contributed by atoms with Crippen molar-refractivity contribution in [1.82, 2.24) is 4.57 Å². The van der Waals surface area contributed by atoms with Crippen LogP contribution in [0.1, 0.15) is 46.7 Å². The van der Waals surface area contributed by atoms with Crippen molar-refractivity contribution in [3.05, 3.63) is 87.6 Å². The van der Waals surface area contributed by atoms with E-state index in [4.69, 9.17) is 4.74 Å². The Morgan fingerprint density at radius 2 is 1.77 bits per heavy atom. The van der Waals surface area contributed by atoms with Crippen molar-refractivity contribution in [2.45, 2.75) is 50.4 Å². The van der Waals surface area contributed by atoms with Crippen LogP contribution in [-0.4, -0.2) is 41.7 Å². The molecular formula is C31H30F5N2O5P. The molecule has 1 unspecified atom stereocenters. The van der Waals surface area contributed by atoms with E-state index >= 15 is 4.39 Å². The maximum absolute atomic E-state index is 15.5.